The highest BCUT2D eigenvalue weighted by Gasteiger charge is 2.60. The van der Waals surface area contributed by atoms with Gasteiger partial charge in [-0.3, -0.25) is 19.2 Å². The normalized spacial score (nSPS) is 24.0. The SMILES string of the molecule is CCNC(=O)c1ccc(N2C[C@H]3C[C@@H](C2)c2cccc(=O)n2C3)c(NC2=CC(=O)[C@@]3(Oc4c(Cl)c(OC)cc(OC)c4C3=O)[C@H](C)C2)c1. The summed E-state index contributed by atoms with van der Waals surface area (Å²) < 4.78 is 18.9. The third kappa shape index (κ3) is 4.94. The fourth-order valence-corrected chi connectivity index (χ4v) is 8.06. The average Bonchev–Trinajstić information content (AvgIpc) is 3.39. The number of anilines is 2. The third-order valence-corrected chi connectivity index (χ3v) is 10.4. The number of fused-ring (bicyclic) bond motifs is 5. The van der Waals surface area contributed by atoms with Crippen LogP contribution in [0.15, 0.2) is 59.0 Å². The number of hydrogen-bond acceptors (Lipinski definition) is 9. The van der Waals surface area contributed by atoms with E-state index in [2.05, 4.69) is 15.5 Å². The highest BCUT2D eigenvalue weighted by atomic mass is 35.5. The highest BCUT2D eigenvalue weighted by molar-refractivity contribution is 6.36. The number of nitrogens with one attached hydrogen (secondary N) is 2. The predicted octanol–water partition coefficient (Wildman–Crippen LogP) is 4.81. The van der Waals surface area contributed by atoms with Crippen molar-refractivity contribution in [3.05, 3.63) is 86.4 Å². The maximum atomic E-state index is 14.0. The zero-order valence-corrected chi connectivity index (χ0v) is 28.0. The van der Waals surface area contributed by atoms with Crippen molar-refractivity contribution in [2.45, 2.75) is 44.8 Å². The molecule has 1 saturated heterocycles. The second-order valence-electron chi connectivity index (χ2n) is 12.9. The largest absolute Gasteiger partial charge is 0.496 e. The number of carbonyl (C=O) groups is 3. The molecule has 250 valence electrons. The molecule has 12 heteroatoms. The first kappa shape index (κ1) is 31.8. The summed E-state index contributed by atoms with van der Waals surface area (Å²) in [4.78, 5) is 55.8. The number of amides is 1. The van der Waals surface area contributed by atoms with Crippen molar-refractivity contribution in [1.29, 1.82) is 0 Å². The summed E-state index contributed by atoms with van der Waals surface area (Å²) in [6, 6.07) is 12.5. The van der Waals surface area contributed by atoms with Gasteiger partial charge in [0, 0.05) is 73.2 Å². The Morgan fingerprint density at radius 2 is 1.85 bits per heavy atom. The summed E-state index contributed by atoms with van der Waals surface area (Å²) in [5, 5.41) is 6.41. The van der Waals surface area contributed by atoms with Crippen LogP contribution >= 0.6 is 11.6 Å². The molecule has 0 saturated carbocycles. The summed E-state index contributed by atoms with van der Waals surface area (Å²) in [6.07, 6.45) is 2.71. The molecule has 2 N–H and O–H groups in total. The molecule has 2 bridgehead atoms. The quantitative estimate of drug-likeness (QED) is 0.340. The third-order valence-electron chi connectivity index (χ3n) is 10.0. The van der Waals surface area contributed by atoms with Gasteiger partial charge in [-0.05, 0) is 49.9 Å². The lowest BCUT2D eigenvalue weighted by Crippen LogP contribution is -2.55. The van der Waals surface area contributed by atoms with E-state index < -0.39 is 23.1 Å². The van der Waals surface area contributed by atoms with Gasteiger partial charge in [0.2, 0.25) is 17.2 Å². The predicted molar refractivity (Wildman–Crippen MR) is 181 cm³/mol. The van der Waals surface area contributed by atoms with E-state index in [0.29, 0.717) is 43.0 Å². The number of halogens is 1. The monoisotopic (exact) mass is 672 g/mol. The summed E-state index contributed by atoms with van der Waals surface area (Å²) >= 11 is 6.56. The van der Waals surface area contributed by atoms with Crippen LogP contribution in [-0.4, -0.2) is 61.5 Å². The molecule has 1 fully saturated rings. The molecular formula is C36H37ClN4O7. The van der Waals surface area contributed by atoms with Crippen molar-refractivity contribution in [3.63, 3.8) is 0 Å². The number of benzene rings is 2. The van der Waals surface area contributed by atoms with E-state index in [9.17, 15) is 19.2 Å². The minimum Gasteiger partial charge on any atom is -0.496 e. The van der Waals surface area contributed by atoms with Crippen LogP contribution in [0.2, 0.25) is 5.02 Å². The number of methoxy groups -OCH3 is 2. The van der Waals surface area contributed by atoms with Crippen molar-refractivity contribution >= 4 is 40.4 Å². The van der Waals surface area contributed by atoms with Crippen LogP contribution in [0.3, 0.4) is 0 Å². The Morgan fingerprint density at radius 3 is 2.58 bits per heavy atom. The first-order valence-electron chi connectivity index (χ1n) is 16.2. The average molecular weight is 673 g/mol. The molecule has 1 aromatic heterocycles. The lowest BCUT2D eigenvalue weighted by atomic mass is 9.74. The van der Waals surface area contributed by atoms with Crippen LogP contribution in [0.4, 0.5) is 11.4 Å². The van der Waals surface area contributed by atoms with E-state index in [1.165, 1.54) is 26.4 Å². The van der Waals surface area contributed by atoms with Gasteiger partial charge in [0.25, 0.3) is 11.5 Å². The molecule has 3 aliphatic heterocycles. The van der Waals surface area contributed by atoms with Crippen molar-refractivity contribution in [2.75, 3.05) is 44.1 Å². The molecule has 4 atom stereocenters. The van der Waals surface area contributed by atoms with Crippen molar-refractivity contribution in [1.82, 2.24) is 9.88 Å². The molecule has 48 heavy (non-hydrogen) atoms. The number of ketones is 2. The molecule has 4 heterocycles. The lowest BCUT2D eigenvalue weighted by molar-refractivity contribution is -0.129. The minimum atomic E-state index is -1.81. The maximum absolute atomic E-state index is 14.0. The Bertz CT molecular complexity index is 1950. The molecule has 1 amide bonds. The van der Waals surface area contributed by atoms with Crippen LogP contribution in [0.1, 0.15) is 59.0 Å². The molecule has 1 spiro atoms. The van der Waals surface area contributed by atoms with Crippen molar-refractivity contribution in [2.24, 2.45) is 11.8 Å². The lowest BCUT2D eigenvalue weighted by Gasteiger charge is -2.44. The molecule has 3 aromatic rings. The number of rotatable bonds is 7. The van der Waals surface area contributed by atoms with E-state index >= 15 is 0 Å². The standard InChI is InChI=1S/C36H37ClN4O7/c1-5-38-35(45)21-9-10-26(40-16-20-12-22(18-40)25-7-6-8-30(43)41(25)17-20)24(13-21)39-23-11-19(2)36(29(42)14-23)34(44)31-27(46-3)15-28(47-4)32(37)33(31)48-36/h6-10,13-15,19-20,22,39H,5,11-12,16-18H2,1-4H3,(H,38,45)/t19-,20-,22+,36+/m1/s1. The van der Waals surface area contributed by atoms with Gasteiger partial charge in [-0.15, -0.1) is 0 Å². The highest BCUT2D eigenvalue weighted by Crippen LogP contribution is 2.53. The van der Waals surface area contributed by atoms with Gasteiger partial charge >= 0.3 is 0 Å². The Morgan fingerprint density at radius 1 is 1.06 bits per heavy atom. The fourth-order valence-electron chi connectivity index (χ4n) is 7.80. The smallest absolute Gasteiger partial charge is 0.251 e. The number of carbonyl (C=O) groups excluding carboxylic acids is 3. The molecule has 2 aromatic carbocycles. The topological polar surface area (TPSA) is 128 Å². The molecule has 0 unspecified atom stereocenters. The summed E-state index contributed by atoms with van der Waals surface area (Å²) in [6.45, 7) is 6.22. The van der Waals surface area contributed by atoms with E-state index in [-0.39, 0.29) is 51.1 Å². The van der Waals surface area contributed by atoms with Crippen LogP contribution < -0.4 is 35.3 Å². The molecular weight excluding hydrogens is 636 g/mol. The number of pyridine rings is 1. The van der Waals surface area contributed by atoms with Gasteiger partial charge in [0.15, 0.2) is 5.75 Å². The second-order valence-corrected chi connectivity index (χ2v) is 13.3. The van der Waals surface area contributed by atoms with Gasteiger partial charge in [-0.2, -0.15) is 0 Å². The number of nitrogens with zero attached hydrogens (tertiary/aromatic N) is 2. The minimum absolute atomic E-state index is 0.0257. The van der Waals surface area contributed by atoms with Crippen LogP contribution in [0.5, 0.6) is 17.2 Å². The Kier molecular flexibility index (Phi) is 7.98. The van der Waals surface area contributed by atoms with E-state index in [0.717, 1.165) is 24.3 Å². The van der Waals surface area contributed by atoms with Gasteiger partial charge in [-0.1, -0.05) is 24.6 Å². The molecule has 0 radical (unpaired) electrons. The Balaban J connectivity index is 1.22. The molecule has 1 aliphatic carbocycles. The maximum Gasteiger partial charge on any atom is 0.251 e. The van der Waals surface area contributed by atoms with Crippen molar-refractivity contribution < 1.29 is 28.6 Å². The Labute approximate surface area is 282 Å². The summed E-state index contributed by atoms with van der Waals surface area (Å²) in [5.41, 5.74) is 1.99. The number of aromatic nitrogens is 1. The van der Waals surface area contributed by atoms with Gasteiger partial charge in [0.05, 0.1) is 25.6 Å². The number of allylic oxidation sites excluding steroid dienone is 1. The zero-order valence-electron chi connectivity index (χ0n) is 27.2. The van der Waals surface area contributed by atoms with Gasteiger partial charge in [0.1, 0.15) is 22.1 Å². The first-order valence-corrected chi connectivity index (χ1v) is 16.5. The number of Topliss-reactive ketones (excluding diaryl/α,β-unsaturated/α-hetero) is 1. The second kappa shape index (κ2) is 12.0. The molecule has 11 nitrogen and oxygen atoms in total. The van der Waals surface area contributed by atoms with E-state index in [1.54, 1.807) is 25.1 Å². The summed E-state index contributed by atoms with van der Waals surface area (Å²) in [7, 11) is 2.87. The van der Waals surface area contributed by atoms with E-state index in [1.807, 2.05) is 29.7 Å². The van der Waals surface area contributed by atoms with Gasteiger partial charge in [-0.25, -0.2) is 0 Å². The van der Waals surface area contributed by atoms with E-state index in [4.69, 9.17) is 25.8 Å². The van der Waals surface area contributed by atoms with Crippen LogP contribution in [-0.2, 0) is 11.3 Å². The van der Waals surface area contributed by atoms with Crippen molar-refractivity contribution in [3.8, 4) is 17.2 Å². The van der Waals surface area contributed by atoms with Crippen LogP contribution in [0.25, 0.3) is 0 Å². The van der Waals surface area contributed by atoms with Crippen LogP contribution in [0, 0.1) is 11.8 Å². The molecule has 7 rings (SSSR count). The first-order chi connectivity index (χ1) is 23.1. The summed E-state index contributed by atoms with van der Waals surface area (Å²) in [5.74, 6) is -0.814. The Hall–Kier alpha value is -4.77. The van der Waals surface area contributed by atoms with Gasteiger partial charge < -0.3 is 34.3 Å². The molecule has 4 aliphatic rings. The number of piperidine rings is 1. The zero-order chi connectivity index (χ0) is 33.9. The number of hydrogen-bond donors (Lipinski definition) is 2. The number of ether oxygens (including phenoxy) is 3. The fraction of sp³-hybridized carbons (Fsp3) is 0.389.